The van der Waals surface area contributed by atoms with Gasteiger partial charge in [-0.15, -0.1) is 0 Å². The number of rotatable bonds is 29. The van der Waals surface area contributed by atoms with Crippen molar-refractivity contribution >= 4 is 69.5 Å². The van der Waals surface area contributed by atoms with Gasteiger partial charge < -0.3 is 16.0 Å². The molecule has 0 saturated heterocycles. The van der Waals surface area contributed by atoms with Crippen molar-refractivity contribution in [3.05, 3.63) is 29.8 Å². The normalized spacial score (nSPS) is 10.8. The van der Waals surface area contributed by atoms with Crippen LogP contribution >= 0.6 is 24.4 Å². The maximum absolute atomic E-state index is 12.3. The number of nitrogens with zero attached hydrogens (tertiary/aromatic N) is 3. The lowest BCUT2D eigenvalue weighted by Gasteiger charge is -2.15. The van der Waals surface area contributed by atoms with Crippen LogP contribution in [0.25, 0.3) is 0 Å². The molecule has 0 spiro atoms. The number of anilines is 1. The minimum Gasteiger partial charge on any atom is -0.362 e. The van der Waals surface area contributed by atoms with Gasteiger partial charge in [0.05, 0.1) is 0 Å². The number of hydrogen-bond donors (Lipinski definition) is 6. The van der Waals surface area contributed by atoms with Gasteiger partial charge >= 0.3 is 0 Å². The number of benzene rings is 1. The van der Waals surface area contributed by atoms with Gasteiger partial charge in [-0.2, -0.15) is 0 Å². The summed E-state index contributed by atoms with van der Waals surface area (Å²) in [7, 11) is 0. The lowest BCUT2D eigenvalue weighted by Crippen LogP contribution is -2.31. The van der Waals surface area contributed by atoms with E-state index in [0.29, 0.717) is 90.7 Å². The molecular formula is C38H62N6O8S2. The number of thiocarbonyl (C=S) groups is 2. The van der Waals surface area contributed by atoms with Crippen molar-refractivity contribution in [1.82, 2.24) is 25.8 Å². The highest BCUT2D eigenvalue weighted by Gasteiger charge is 2.15. The van der Waals surface area contributed by atoms with E-state index < -0.39 is 17.7 Å². The van der Waals surface area contributed by atoms with Gasteiger partial charge in [0.2, 0.25) is 23.6 Å². The number of amides is 4. The SMILES string of the molecule is CC(=O)N(O)CCCCCNC(=O)CCC(=O)N(O)CCCCCCC(=O)CCC(=O)N(O)CCCCCNC(=S)Nc1ccc(CC(=S)C(C)C)cc1. The van der Waals surface area contributed by atoms with Gasteiger partial charge in [-0.1, -0.05) is 51.0 Å². The molecule has 1 aromatic carbocycles. The fourth-order valence-corrected chi connectivity index (χ4v) is 5.51. The number of carbonyl (C=O) groups excluding carboxylic acids is 5. The number of unbranched alkanes of at least 4 members (excludes halogenated alkanes) is 7. The molecule has 0 fully saturated rings. The van der Waals surface area contributed by atoms with Gasteiger partial charge in [0.1, 0.15) is 5.78 Å². The first-order valence-electron chi connectivity index (χ1n) is 19.1. The van der Waals surface area contributed by atoms with Crippen LogP contribution < -0.4 is 16.0 Å². The molecular weight excluding hydrogens is 733 g/mol. The topological polar surface area (TPSA) is 192 Å². The number of carbonyl (C=O) groups is 5. The van der Waals surface area contributed by atoms with Crippen molar-refractivity contribution in [2.45, 2.75) is 124 Å². The molecule has 0 heterocycles. The molecule has 6 N–H and O–H groups in total. The monoisotopic (exact) mass is 794 g/mol. The Bertz CT molecular complexity index is 1330. The van der Waals surface area contributed by atoms with Gasteiger partial charge in [-0.3, -0.25) is 39.6 Å². The van der Waals surface area contributed by atoms with Crippen molar-refractivity contribution < 1.29 is 39.6 Å². The zero-order valence-electron chi connectivity index (χ0n) is 32.3. The summed E-state index contributed by atoms with van der Waals surface area (Å²) in [5.41, 5.74) is 2.06. The third kappa shape index (κ3) is 24.0. The highest BCUT2D eigenvalue weighted by Crippen LogP contribution is 2.13. The molecule has 0 saturated carbocycles. The zero-order valence-corrected chi connectivity index (χ0v) is 33.9. The Labute approximate surface area is 331 Å². The second-order valence-corrected chi connectivity index (χ2v) is 14.7. The average Bonchev–Trinajstić information content (AvgIpc) is 3.13. The molecule has 1 rings (SSSR count). The summed E-state index contributed by atoms with van der Waals surface area (Å²) in [5.74, 6) is -1.41. The van der Waals surface area contributed by atoms with Crippen LogP contribution in [0, 0.1) is 5.92 Å². The highest BCUT2D eigenvalue weighted by atomic mass is 32.1. The second-order valence-electron chi connectivity index (χ2n) is 13.7. The Hall–Kier alpha value is -3.57. The van der Waals surface area contributed by atoms with Crippen LogP contribution in [0.3, 0.4) is 0 Å². The summed E-state index contributed by atoms with van der Waals surface area (Å²) in [6.07, 6.45) is 7.73. The van der Waals surface area contributed by atoms with Gasteiger partial charge in [-0.25, -0.2) is 15.2 Å². The van der Waals surface area contributed by atoms with Crippen molar-refractivity contribution in [2.24, 2.45) is 5.92 Å². The van der Waals surface area contributed by atoms with Crippen LogP contribution in [0.4, 0.5) is 5.69 Å². The Morgan fingerprint density at radius 2 is 1.13 bits per heavy atom. The quantitative estimate of drug-likeness (QED) is 0.0250. The Kier molecular flexibility index (Phi) is 25.9. The fourth-order valence-electron chi connectivity index (χ4n) is 5.13. The van der Waals surface area contributed by atoms with E-state index in [0.717, 1.165) is 41.8 Å². The first-order valence-corrected chi connectivity index (χ1v) is 19.9. The number of nitrogens with one attached hydrogen (secondary N) is 3. The van der Waals surface area contributed by atoms with Gasteiger partial charge in [-0.05, 0) is 92.1 Å². The number of hydrogen-bond acceptors (Lipinski definition) is 10. The van der Waals surface area contributed by atoms with Crippen LogP contribution in [0.15, 0.2) is 24.3 Å². The first-order chi connectivity index (χ1) is 25.7. The summed E-state index contributed by atoms with van der Waals surface area (Å²) in [4.78, 5) is 60.5. The third-order valence-corrected chi connectivity index (χ3v) is 9.50. The number of Topliss-reactive ketones (excluding diaryl/α,β-unsaturated/α-hetero) is 1. The van der Waals surface area contributed by atoms with Crippen LogP contribution in [-0.2, 0) is 30.4 Å². The molecule has 0 aromatic heterocycles. The van der Waals surface area contributed by atoms with E-state index in [-0.39, 0.29) is 57.0 Å². The Balaban J connectivity index is 2.03. The molecule has 0 aliphatic carbocycles. The maximum atomic E-state index is 12.3. The summed E-state index contributed by atoms with van der Waals surface area (Å²) in [5, 5.41) is 40.9. The molecule has 0 radical (unpaired) electrons. The molecule has 14 nitrogen and oxygen atoms in total. The van der Waals surface area contributed by atoms with E-state index in [1.165, 1.54) is 6.92 Å². The van der Waals surface area contributed by atoms with Crippen molar-refractivity contribution in [1.29, 1.82) is 0 Å². The predicted octanol–water partition coefficient (Wildman–Crippen LogP) is 5.75. The molecule has 54 heavy (non-hydrogen) atoms. The molecule has 4 amide bonds. The number of hydroxylamine groups is 6. The number of ketones is 1. The van der Waals surface area contributed by atoms with Crippen molar-refractivity contribution in [3.8, 4) is 0 Å². The maximum Gasteiger partial charge on any atom is 0.246 e. The largest absolute Gasteiger partial charge is 0.362 e. The van der Waals surface area contributed by atoms with E-state index in [2.05, 4.69) is 29.8 Å². The predicted molar refractivity (Wildman–Crippen MR) is 215 cm³/mol. The molecule has 16 heteroatoms. The first kappa shape index (κ1) is 48.4. The summed E-state index contributed by atoms with van der Waals surface area (Å²) < 4.78 is 0. The smallest absolute Gasteiger partial charge is 0.246 e. The van der Waals surface area contributed by atoms with E-state index >= 15 is 0 Å². The Morgan fingerprint density at radius 3 is 1.69 bits per heavy atom. The van der Waals surface area contributed by atoms with Crippen LogP contribution in [-0.4, -0.2) is 103 Å². The molecule has 0 aliphatic rings. The molecule has 0 bridgehead atoms. The lowest BCUT2D eigenvalue weighted by atomic mass is 10.0. The van der Waals surface area contributed by atoms with Crippen molar-refractivity contribution in [2.75, 3.05) is 38.0 Å². The van der Waals surface area contributed by atoms with Crippen LogP contribution in [0.5, 0.6) is 0 Å². The van der Waals surface area contributed by atoms with Gasteiger partial charge in [0, 0.05) is 83.9 Å². The van der Waals surface area contributed by atoms with E-state index in [4.69, 9.17) is 24.4 Å². The van der Waals surface area contributed by atoms with E-state index in [9.17, 15) is 39.6 Å². The van der Waals surface area contributed by atoms with Crippen LogP contribution in [0.1, 0.15) is 123 Å². The summed E-state index contributed by atoms with van der Waals surface area (Å²) >= 11 is 10.8. The fraction of sp³-hybridized carbons (Fsp3) is 0.658. The lowest BCUT2D eigenvalue weighted by molar-refractivity contribution is -0.166. The van der Waals surface area contributed by atoms with E-state index in [1.54, 1.807) is 0 Å². The van der Waals surface area contributed by atoms with Gasteiger partial charge in [0.25, 0.3) is 0 Å². The standard InChI is InChI=1S/C38H62N6O8S2/c1-29(2)34(53)28-31-15-17-32(18-16-31)41-38(54)40-24-10-7-13-27-43(51)36(48)21-19-33(46)14-8-4-5-11-26-44(52)37(49)22-20-35(47)39-23-9-6-12-25-42(50)30(3)45/h15-18,29,50-52H,4-14,19-28H2,1-3H3,(H,39,47)(H2,40,41,54). The van der Waals surface area contributed by atoms with Crippen molar-refractivity contribution in [3.63, 3.8) is 0 Å². The Morgan fingerprint density at radius 1 is 0.630 bits per heavy atom. The molecule has 0 atom stereocenters. The zero-order chi connectivity index (χ0) is 40.3. The highest BCUT2D eigenvalue weighted by molar-refractivity contribution is 7.80. The minimum atomic E-state index is -0.540. The van der Waals surface area contributed by atoms with Gasteiger partial charge in [0.15, 0.2) is 5.11 Å². The molecule has 1 aromatic rings. The minimum absolute atomic E-state index is 0.0402. The van der Waals surface area contributed by atoms with E-state index in [1.807, 2.05) is 24.3 Å². The van der Waals surface area contributed by atoms with Crippen LogP contribution in [0.2, 0.25) is 0 Å². The molecule has 0 aliphatic heterocycles. The second kappa shape index (κ2) is 28.8. The molecule has 304 valence electrons. The molecule has 0 unspecified atom stereocenters. The summed E-state index contributed by atoms with van der Waals surface area (Å²) in [6.45, 7) is 7.09. The third-order valence-electron chi connectivity index (χ3n) is 8.63. The summed E-state index contributed by atoms with van der Waals surface area (Å²) in [6, 6.07) is 8.03. The average molecular weight is 795 g/mol.